The van der Waals surface area contributed by atoms with E-state index in [-0.39, 0.29) is 6.61 Å². The number of rotatable bonds is 6. The van der Waals surface area contributed by atoms with E-state index in [9.17, 15) is 5.11 Å². The van der Waals surface area contributed by atoms with Crippen molar-refractivity contribution in [3.8, 4) is 5.69 Å². The number of aliphatic hydroxyl groups excluding tert-OH is 1. The van der Waals surface area contributed by atoms with Gasteiger partial charge in [0, 0.05) is 36.6 Å². The summed E-state index contributed by atoms with van der Waals surface area (Å²) in [5, 5.41) is 9.96. The minimum Gasteiger partial charge on any atom is -0.396 e. The summed E-state index contributed by atoms with van der Waals surface area (Å²) in [5.41, 5.74) is 2.46. The maximum absolute atomic E-state index is 9.96. The van der Waals surface area contributed by atoms with Crippen molar-refractivity contribution in [2.45, 2.75) is 45.1 Å². The predicted octanol–water partition coefficient (Wildman–Crippen LogP) is 3.81. The van der Waals surface area contributed by atoms with Crippen molar-refractivity contribution in [1.29, 1.82) is 0 Å². The summed E-state index contributed by atoms with van der Waals surface area (Å²) < 4.78 is 2.02. The van der Waals surface area contributed by atoms with Gasteiger partial charge in [0.15, 0.2) is 0 Å². The van der Waals surface area contributed by atoms with Gasteiger partial charge in [0.05, 0.1) is 6.33 Å². The molecule has 0 bridgehead atoms. The van der Waals surface area contributed by atoms with Crippen LogP contribution in [0.15, 0.2) is 43.0 Å². The van der Waals surface area contributed by atoms with Crippen LogP contribution in [0.3, 0.4) is 0 Å². The zero-order chi connectivity index (χ0) is 16.8. The first-order valence-corrected chi connectivity index (χ1v) is 9.26. The summed E-state index contributed by atoms with van der Waals surface area (Å²) in [7, 11) is 0. The second-order valence-corrected chi connectivity index (χ2v) is 6.83. The molecule has 2 aromatic rings. The zero-order valence-electron chi connectivity index (χ0n) is 14.6. The molecule has 1 fully saturated rings. The highest BCUT2D eigenvalue weighted by atomic mass is 16.3. The Balaban J connectivity index is 1.85. The normalized spacial score (nSPS) is 22.4. The molecule has 130 valence electrons. The van der Waals surface area contributed by atoms with E-state index < -0.39 is 0 Å². The van der Waals surface area contributed by atoms with Crippen LogP contribution in [-0.4, -0.2) is 39.3 Å². The Morgan fingerprint density at radius 2 is 2.04 bits per heavy atom. The van der Waals surface area contributed by atoms with Crippen molar-refractivity contribution in [3.63, 3.8) is 0 Å². The summed E-state index contributed by atoms with van der Waals surface area (Å²) in [6.45, 7) is 4.79. The fourth-order valence-electron chi connectivity index (χ4n) is 3.86. The maximum atomic E-state index is 9.96. The third-order valence-electron chi connectivity index (χ3n) is 5.18. The van der Waals surface area contributed by atoms with Gasteiger partial charge in [-0.25, -0.2) is 4.98 Å². The van der Waals surface area contributed by atoms with Gasteiger partial charge < -0.3 is 9.67 Å². The zero-order valence-corrected chi connectivity index (χ0v) is 14.6. The molecule has 3 rings (SSSR count). The maximum Gasteiger partial charge on any atom is 0.0991 e. The van der Waals surface area contributed by atoms with Gasteiger partial charge in [-0.15, -0.1) is 0 Å². The van der Waals surface area contributed by atoms with Crippen LogP contribution >= 0.6 is 0 Å². The Bertz CT molecular complexity index is 594. The SMILES string of the molecule is CCCCN1CCCCC(CO)C1c1ccc(-n2ccnc2)cc1. The minimum atomic E-state index is 0.274. The fraction of sp³-hybridized carbons (Fsp3) is 0.550. The highest BCUT2D eigenvalue weighted by Crippen LogP contribution is 2.35. The molecule has 2 heterocycles. The molecule has 1 aromatic carbocycles. The summed E-state index contributed by atoms with van der Waals surface area (Å²) >= 11 is 0. The number of hydrogen-bond acceptors (Lipinski definition) is 3. The molecule has 0 radical (unpaired) electrons. The second kappa shape index (κ2) is 8.45. The molecule has 1 N–H and O–H groups in total. The van der Waals surface area contributed by atoms with Gasteiger partial charge in [-0.05, 0) is 50.0 Å². The summed E-state index contributed by atoms with van der Waals surface area (Å²) in [6, 6.07) is 9.11. The summed E-state index contributed by atoms with van der Waals surface area (Å²) in [5.74, 6) is 0.337. The van der Waals surface area contributed by atoms with Crippen molar-refractivity contribution >= 4 is 0 Å². The number of benzene rings is 1. The van der Waals surface area contributed by atoms with Crippen molar-refractivity contribution in [2.75, 3.05) is 19.7 Å². The van der Waals surface area contributed by atoms with Crippen molar-refractivity contribution in [1.82, 2.24) is 14.5 Å². The first-order valence-electron chi connectivity index (χ1n) is 9.26. The van der Waals surface area contributed by atoms with Gasteiger partial charge in [0.2, 0.25) is 0 Å². The number of nitrogens with zero attached hydrogens (tertiary/aromatic N) is 3. The fourth-order valence-corrected chi connectivity index (χ4v) is 3.86. The predicted molar refractivity (Wildman–Crippen MR) is 97.2 cm³/mol. The molecule has 1 aliphatic heterocycles. The third kappa shape index (κ3) is 3.87. The molecule has 4 heteroatoms. The van der Waals surface area contributed by atoms with E-state index in [1.54, 1.807) is 6.20 Å². The molecular formula is C20H29N3O. The highest BCUT2D eigenvalue weighted by Gasteiger charge is 2.30. The molecule has 4 nitrogen and oxygen atoms in total. The average Bonchev–Trinajstić information content (AvgIpc) is 3.08. The lowest BCUT2D eigenvalue weighted by molar-refractivity contribution is 0.106. The number of hydrogen-bond donors (Lipinski definition) is 1. The Morgan fingerprint density at radius 1 is 1.21 bits per heavy atom. The minimum absolute atomic E-state index is 0.274. The lowest BCUT2D eigenvalue weighted by Gasteiger charge is -2.35. The van der Waals surface area contributed by atoms with Gasteiger partial charge in [0.25, 0.3) is 0 Å². The van der Waals surface area contributed by atoms with Crippen LogP contribution < -0.4 is 0 Å². The standard InChI is InChI=1S/C20H29N3O/c1-2-3-12-22-13-5-4-6-18(15-24)20(22)17-7-9-19(10-8-17)23-14-11-21-16-23/h7-11,14,16,18,20,24H,2-6,12-13,15H2,1H3. The van der Waals surface area contributed by atoms with Crippen molar-refractivity contribution in [3.05, 3.63) is 48.5 Å². The Labute approximate surface area is 145 Å². The van der Waals surface area contributed by atoms with E-state index in [0.717, 1.165) is 25.2 Å². The van der Waals surface area contributed by atoms with Gasteiger partial charge in [0.1, 0.15) is 0 Å². The highest BCUT2D eigenvalue weighted by molar-refractivity contribution is 5.36. The van der Waals surface area contributed by atoms with E-state index in [2.05, 4.69) is 41.1 Å². The third-order valence-corrected chi connectivity index (χ3v) is 5.18. The number of aromatic nitrogens is 2. The first kappa shape index (κ1) is 17.2. The molecule has 0 spiro atoms. The monoisotopic (exact) mass is 327 g/mol. The van der Waals surface area contributed by atoms with Gasteiger partial charge in [-0.1, -0.05) is 31.9 Å². The molecule has 2 atom stereocenters. The van der Waals surface area contributed by atoms with Crippen LogP contribution in [-0.2, 0) is 0 Å². The molecular weight excluding hydrogens is 298 g/mol. The first-order chi connectivity index (χ1) is 11.8. The number of unbranched alkanes of at least 4 members (excludes halogenated alkanes) is 1. The van der Waals surface area contributed by atoms with Crippen molar-refractivity contribution < 1.29 is 5.11 Å². The molecule has 1 saturated heterocycles. The van der Waals surface area contributed by atoms with E-state index >= 15 is 0 Å². The van der Waals surface area contributed by atoms with Gasteiger partial charge >= 0.3 is 0 Å². The summed E-state index contributed by atoms with van der Waals surface area (Å²) in [4.78, 5) is 6.72. The lowest BCUT2D eigenvalue weighted by atomic mass is 9.89. The van der Waals surface area contributed by atoms with E-state index in [1.807, 2.05) is 17.1 Å². The molecule has 1 aromatic heterocycles. The van der Waals surface area contributed by atoms with Crippen LogP contribution in [0, 0.1) is 5.92 Å². The van der Waals surface area contributed by atoms with Crippen LogP contribution in [0.4, 0.5) is 0 Å². The van der Waals surface area contributed by atoms with Crippen LogP contribution in [0.5, 0.6) is 0 Å². The molecule has 0 aliphatic carbocycles. The lowest BCUT2D eigenvalue weighted by Crippen LogP contribution is -2.35. The van der Waals surface area contributed by atoms with Crippen LogP contribution in [0.25, 0.3) is 5.69 Å². The molecule has 24 heavy (non-hydrogen) atoms. The number of likely N-dealkylation sites (tertiary alicyclic amines) is 1. The van der Waals surface area contributed by atoms with E-state index in [1.165, 1.54) is 31.2 Å². The molecule has 0 saturated carbocycles. The Morgan fingerprint density at radius 3 is 2.71 bits per heavy atom. The number of imidazole rings is 1. The van der Waals surface area contributed by atoms with Crippen LogP contribution in [0.2, 0.25) is 0 Å². The largest absolute Gasteiger partial charge is 0.396 e. The van der Waals surface area contributed by atoms with Crippen LogP contribution in [0.1, 0.15) is 50.6 Å². The van der Waals surface area contributed by atoms with Gasteiger partial charge in [-0.3, -0.25) is 4.90 Å². The number of aliphatic hydroxyl groups is 1. The summed E-state index contributed by atoms with van der Waals surface area (Å²) in [6.07, 6.45) is 11.6. The molecule has 2 unspecified atom stereocenters. The van der Waals surface area contributed by atoms with E-state index in [0.29, 0.717) is 12.0 Å². The average molecular weight is 327 g/mol. The molecule has 1 aliphatic rings. The second-order valence-electron chi connectivity index (χ2n) is 6.83. The molecule has 0 amide bonds. The topological polar surface area (TPSA) is 41.3 Å². The quantitative estimate of drug-likeness (QED) is 0.877. The Kier molecular flexibility index (Phi) is 6.05. The van der Waals surface area contributed by atoms with Gasteiger partial charge in [-0.2, -0.15) is 0 Å². The smallest absolute Gasteiger partial charge is 0.0991 e. The Hall–Kier alpha value is -1.65. The van der Waals surface area contributed by atoms with E-state index in [4.69, 9.17) is 0 Å². The van der Waals surface area contributed by atoms with Crippen molar-refractivity contribution in [2.24, 2.45) is 5.92 Å².